The lowest BCUT2D eigenvalue weighted by atomic mass is 10.1. The Labute approximate surface area is 183 Å². The Balaban J connectivity index is 3.41. The van der Waals surface area contributed by atoms with Crippen LogP contribution in [-0.2, 0) is 38.1 Å². The molecule has 31 heavy (non-hydrogen) atoms. The monoisotopic (exact) mass is 448 g/mol. The van der Waals surface area contributed by atoms with Crippen LogP contribution in [0.5, 0.6) is 0 Å². The average molecular weight is 449 g/mol. The highest BCUT2D eigenvalue weighted by Gasteiger charge is 2.15. The molecule has 0 radical (unpaired) electrons. The number of carboxylic acid groups (broad SMARTS) is 1. The van der Waals surface area contributed by atoms with Crippen LogP contribution < -0.4 is 10.6 Å². The summed E-state index contributed by atoms with van der Waals surface area (Å²) < 4.78 is 20.8. The highest BCUT2D eigenvalue weighted by molar-refractivity contribution is 5.80. The molecule has 0 spiro atoms. The molecule has 0 heterocycles. The zero-order valence-corrected chi connectivity index (χ0v) is 18.5. The fraction of sp³-hybridized carbons (Fsp3) is 0.800. The van der Waals surface area contributed by atoms with E-state index in [0.29, 0.717) is 52.4 Å². The lowest BCUT2D eigenvalue weighted by molar-refractivity contribution is -0.139. The van der Waals surface area contributed by atoms with Gasteiger partial charge in [0, 0.05) is 26.0 Å². The van der Waals surface area contributed by atoms with Crippen LogP contribution in [0.3, 0.4) is 0 Å². The number of nitrogens with one attached hydrogen (secondary N) is 2. The van der Waals surface area contributed by atoms with Crippen LogP contribution in [0, 0.1) is 0 Å². The highest BCUT2D eigenvalue weighted by Crippen LogP contribution is 2.03. The summed E-state index contributed by atoms with van der Waals surface area (Å²) in [6.07, 6.45) is 1.37. The second kappa shape index (κ2) is 20.0. The van der Waals surface area contributed by atoms with E-state index in [1.165, 1.54) is 6.92 Å². The summed E-state index contributed by atoms with van der Waals surface area (Å²) in [6.45, 7) is 3.76. The van der Waals surface area contributed by atoms with Crippen molar-refractivity contribution in [3.05, 3.63) is 0 Å². The van der Waals surface area contributed by atoms with Crippen molar-refractivity contribution in [3.8, 4) is 0 Å². The molecule has 11 nitrogen and oxygen atoms in total. The van der Waals surface area contributed by atoms with Crippen LogP contribution in [0.4, 0.5) is 0 Å². The number of likely N-dealkylation sites (N-methyl/N-ethyl adjacent to an activating group) is 1. The van der Waals surface area contributed by atoms with Crippen LogP contribution in [-0.4, -0.2) is 101 Å². The van der Waals surface area contributed by atoms with Crippen molar-refractivity contribution < 1.29 is 43.2 Å². The van der Waals surface area contributed by atoms with E-state index in [1.807, 2.05) is 0 Å². The van der Waals surface area contributed by atoms with Gasteiger partial charge in [0.25, 0.3) is 0 Å². The predicted molar refractivity (Wildman–Crippen MR) is 111 cm³/mol. The second-order valence-corrected chi connectivity index (χ2v) is 6.74. The van der Waals surface area contributed by atoms with Crippen molar-refractivity contribution in [3.63, 3.8) is 0 Å². The van der Waals surface area contributed by atoms with Crippen LogP contribution in [0.25, 0.3) is 0 Å². The largest absolute Gasteiger partial charge is 0.480 e. The summed E-state index contributed by atoms with van der Waals surface area (Å²) in [5.74, 6) is -1.26. The van der Waals surface area contributed by atoms with Gasteiger partial charge in [-0.1, -0.05) is 0 Å². The molecular formula is C20H36N2O9. The van der Waals surface area contributed by atoms with Crippen LogP contribution in [0.1, 0.15) is 32.6 Å². The number of hydrogen-bond donors (Lipinski definition) is 3. The fourth-order valence-corrected chi connectivity index (χ4v) is 2.33. The van der Waals surface area contributed by atoms with E-state index in [2.05, 4.69) is 10.6 Å². The van der Waals surface area contributed by atoms with Crippen molar-refractivity contribution in [2.75, 3.05) is 66.4 Å². The standard InChI is InChI=1S/C20H36N2O9/c1-16(23)14-30-12-11-29-9-7-22-19(25)15-31-13-10-28-8-3-4-17(24)5-6-18(21-2)20(26)27/h18,21H,3-15H2,1-2H3,(H,22,25)(H,26,27). The minimum atomic E-state index is -0.965. The number of ether oxygens (including phenoxy) is 4. The van der Waals surface area contributed by atoms with Gasteiger partial charge in [-0.2, -0.15) is 0 Å². The van der Waals surface area contributed by atoms with Crippen LogP contribution in [0.2, 0.25) is 0 Å². The summed E-state index contributed by atoms with van der Waals surface area (Å²) >= 11 is 0. The Bertz CT molecular complexity index is 529. The van der Waals surface area contributed by atoms with Crippen molar-refractivity contribution in [2.24, 2.45) is 0 Å². The van der Waals surface area contributed by atoms with Gasteiger partial charge in [0.2, 0.25) is 5.91 Å². The molecule has 3 N–H and O–H groups in total. The van der Waals surface area contributed by atoms with Gasteiger partial charge in [0.15, 0.2) is 5.78 Å². The average Bonchev–Trinajstić information content (AvgIpc) is 2.71. The highest BCUT2D eigenvalue weighted by atomic mass is 16.5. The molecule has 0 aliphatic rings. The molecule has 0 aromatic heterocycles. The van der Waals surface area contributed by atoms with Gasteiger partial charge in [0.1, 0.15) is 25.0 Å². The Kier molecular flexibility index (Phi) is 18.8. The number of ketones is 2. The normalized spacial score (nSPS) is 11.8. The number of aliphatic carboxylic acids is 1. The van der Waals surface area contributed by atoms with Gasteiger partial charge in [0.05, 0.1) is 33.0 Å². The first kappa shape index (κ1) is 29.1. The molecule has 1 amide bonds. The number of amides is 1. The molecule has 0 saturated carbocycles. The topological polar surface area (TPSA) is 149 Å². The Morgan fingerprint density at radius 2 is 1.45 bits per heavy atom. The molecule has 0 aliphatic heterocycles. The van der Waals surface area contributed by atoms with Gasteiger partial charge < -0.3 is 34.7 Å². The SMILES string of the molecule is CNC(CCC(=O)CCCOCCOCC(=O)NCCOCCOCC(C)=O)C(=O)O. The Morgan fingerprint density at radius 1 is 0.839 bits per heavy atom. The molecule has 0 aliphatic carbocycles. The quantitative estimate of drug-likeness (QED) is 0.186. The van der Waals surface area contributed by atoms with Gasteiger partial charge in [-0.3, -0.25) is 19.2 Å². The maximum atomic E-state index is 11.7. The zero-order chi connectivity index (χ0) is 23.3. The van der Waals surface area contributed by atoms with Crippen molar-refractivity contribution >= 4 is 23.4 Å². The van der Waals surface area contributed by atoms with E-state index in [9.17, 15) is 19.2 Å². The summed E-state index contributed by atoms with van der Waals surface area (Å²) in [5.41, 5.74) is 0. The minimum Gasteiger partial charge on any atom is -0.480 e. The minimum absolute atomic E-state index is 0.00517. The summed E-state index contributed by atoms with van der Waals surface area (Å²) in [5, 5.41) is 14.2. The van der Waals surface area contributed by atoms with E-state index in [0.717, 1.165) is 0 Å². The lowest BCUT2D eigenvalue weighted by Gasteiger charge is -2.10. The molecule has 1 unspecified atom stereocenters. The molecule has 0 aromatic carbocycles. The number of Topliss-reactive ketones (excluding diaryl/α,β-unsaturated/α-hetero) is 2. The number of carboxylic acids is 1. The molecule has 180 valence electrons. The third-order valence-corrected chi connectivity index (χ3v) is 3.95. The second-order valence-electron chi connectivity index (χ2n) is 6.74. The summed E-state index contributed by atoms with van der Waals surface area (Å²) in [6, 6.07) is -0.708. The molecule has 0 saturated heterocycles. The van der Waals surface area contributed by atoms with Crippen molar-refractivity contribution in [1.82, 2.24) is 10.6 Å². The third-order valence-electron chi connectivity index (χ3n) is 3.95. The first-order valence-electron chi connectivity index (χ1n) is 10.4. The maximum absolute atomic E-state index is 11.7. The predicted octanol–water partition coefficient (Wildman–Crippen LogP) is -0.440. The first-order valence-corrected chi connectivity index (χ1v) is 10.4. The molecule has 11 heteroatoms. The lowest BCUT2D eigenvalue weighted by Crippen LogP contribution is -2.34. The third kappa shape index (κ3) is 19.8. The summed E-state index contributed by atoms with van der Waals surface area (Å²) in [7, 11) is 1.55. The smallest absolute Gasteiger partial charge is 0.320 e. The van der Waals surface area contributed by atoms with E-state index >= 15 is 0 Å². The van der Waals surface area contributed by atoms with Gasteiger partial charge in [-0.25, -0.2) is 0 Å². The van der Waals surface area contributed by atoms with E-state index in [-0.39, 0.29) is 50.1 Å². The van der Waals surface area contributed by atoms with Crippen molar-refractivity contribution in [2.45, 2.75) is 38.6 Å². The molecule has 1 atom stereocenters. The Morgan fingerprint density at radius 3 is 2.06 bits per heavy atom. The first-order chi connectivity index (χ1) is 14.9. The van der Waals surface area contributed by atoms with Gasteiger partial charge in [-0.05, 0) is 26.8 Å². The Hall–Kier alpha value is -1.92. The number of rotatable bonds is 22. The van der Waals surface area contributed by atoms with E-state index in [1.54, 1.807) is 7.05 Å². The molecule has 0 aromatic rings. The fourth-order valence-electron chi connectivity index (χ4n) is 2.33. The molecule has 0 bridgehead atoms. The van der Waals surface area contributed by atoms with Crippen LogP contribution >= 0.6 is 0 Å². The number of carbonyl (C=O) groups is 4. The maximum Gasteiger partial charge on any atom is 0.320 e. The van der Waals surface area contributed by atoms with E-state index < -0.39 is 12.0 Å². The van der Waals surface area contributed by atoms with Crippen molar-refractivity contribution in [1.29, 1.82) is 0 Å². The zero-order valence-electron chi connectivity index (χ0n) is 18.5. The molecule has 0 fully saturated rings. The molecular weight excluding hydrogens is 412 g/mol. The summed E-state index contributed by atoms with van der Waals surface area (Å²) in [4.78, 5) is 44.8. The molecule has 0 rings (SSSR count). The number of hydrogen-bond acceptors (Lipinski definition) is 9. The van der Waals surface area contributed by atoms with Gasteiger partial charge >= 0.3 is 5.97 Å². The number of carbonyl (C=O) groups excluding carboxylic acids is 3. The van der Waals surface area contributed by atoms with E-state index in [4.69, 9.17) is 24.1 Å². The van der Waals surface area contributed by atoms with Crippen LogP contribution in [0.15, 0.2) is 0 Å². The van der Waals surface area contributed by atoms with Gasteiger partial charge in [-0.15, -0.1) is 0 Å².